The van der Waals surface area contributed by atoms with Gasteiger partial charge in [0.2, 0.25) is 11.8 Å². The van der Waals surface area contributed by atoms with Crippen LogP contribution in [0.5, 0.6) is 0 Å². The van der Waals surface area contributed by atoms with Crippen molar-refractivity contribution in [3.8, 4) is 0 Å². The van der Waals surface area contributed by atoms with E-state index in [1.165, 1.54) is 13.2 Å². The van der Waals surface area contributed by atoms with Crippen molar-refractivity contribution < 1.29 is 29.1 Å². The molecule has 162 valence electrons. The van der Waals surface area contributed by atoms with E-state index in [0.29, 0.717) is 6.42 Å². The van der Waals surface area contributed by atoms with E-state index < -0.39 is 41.1 Å². The molecule has 2 amide bonds. The van der Waals surface area contributed by atoms with Gasteiger partial charge >= 0.3 is 5.97 Å². The first-order valence-corrected chi connectivity index (χ1v) is 9.50. The highest BCUT2D eigenvalue weighted by Crippen LogP contribution is 2.27. The van der Waals surface area contributed by atoms with Crippen LogP contribution in [0.2, 0.25) is 0 Å². The molecule has 3 N–H and O–H groups in total. The Labute approximate surface area is 168 Å². The highest BCUT2D eigenvalue weighted by molar-refractivity contribution is 5.90. The second kappa shape index (κ2) is 12.5. The maximum atomic E-state index is 13.1. The molecule has 0 saturated carbocycles. The lowest BCUT2D eigenvalue weighted by atomic mass is 9.80. The van der Waals surface area contributed by atoms with Crippen LogP contribution in [-0.4, -0.2) is 49.4 Å². The van der Waals surface area contributed by atoms with Gasteiger partial charge in [-0.1, -0.05) is 40.7 Å². The van der Waals surface area contributed by atoms with Gasteiger partial charge in [0.25, 0.3) is 0 Å². The predicted octanol–water partition coefficient (Wildman–Crippen LogP) is 2.07. The maximum Gasteiger partial charge on any atom is 0.329 e. The highest BCUT2D eigenvalue weighted by Gasteiger charge is 2.39. The number of rotatable bonds is 12. The third-order valence-electron chi connectivity index (χ3n) is 4.34. The van der Waals surface area contributed by atoms with Crippen molar-refractivity contribution in [1.82, 2.24) is 10.8 Å². The summed E-state index contributed by atoms with van der Waals surface area (Å²) in [4.78, 5) is 37.7. The van der Waals surface area contributed by atoms with Crippen molar-refractivity contribution >= 4 is 17.8 Å². The number of nitrogens with one attached hydrogen (secondary N) is 2. The molecule has 0 aromatic rings. The summed E-state index contributed by atoms with van der Waals surface area (Å²) in [6.45, 7) is 13.3. The number of methoxy groups -OCH3 is 1. The van der Waals surface area contributed by atoms with Gasteiger partial charge in [0.1, 0.15) is 12.6 Å². The Balaban J connectivity index is 5.58. The average molecular weight is 401 g/mol. The molecule has 0 heterocycles. The van der Waals surface area contributed by atoms with E-state index in [-0.39, 0.29) is 25.6 Å². The average Bonchev–Trinajstić information content (AvgIpc) is 2.60. The number of carbonyl (C=O) groups is 3. The van der Waals surface area contributed by atoms with Crippen molar-refractivity contribution in [3.05, 3.63) is 12.7 Å². The molecule has 0 aliphatic rings. The molecule has 3 atom stereocenters. The fourth-order valence-corrected chi connectivity index (χ4v) is 2.87. The van der Waals surface area contributed by atoms with Gasteiger partial charge in [0, 0.05) is 7.11 Å². The van der Waals surface area contributed by atoms with Crippen molar-refractivity contribution in [2.45, 2.75) is 53.5 Å². The van der Waals surface area contributed by atoms with E-state index in [1.807, 2.05) is 34.6 Å². The number of hydrogen-bond acceptors (Lipinski definition) is 6. The molecular formula is C20H36N2O6. The van der Waals surface area contributed by atoms with Crippen LogP contribution in [0.4, 0.5) is 0 Å². The summed E-state index contributed by atoms with van der Waals surface area (Å²) in [6.07, 6.45) is 2.16. The zero-order valence-corrected chi connectivity index (χ0v) is 17.9. The molecule has 8 nitrogen and oxygen atoms in total. The summed E-state index contributed by atoms with van der Waals surface area (Å²) in [5.74, 6) is -3.07. The molecular weight excluding hydrogens is 364 g/mol. The van der Waals surface area contributed by atoms with E-state index in [0.717, 1.165) is 0 Å². The topological polar surface area (TPSA) is 114 Å². The quantitative estimate of drug-likeness (QED) is 0.152. The molecule has 0 aliphatic carbocycles. The summed E-state index contributed by atoms with van der Waals surface area (Å²) >= 11 is 0. The molecule has 0 unspecified atom stereocenters. The summed E-state index contributed by atoms with van der Waals surface area (Å²) in [6, 6.07) is -0.895. The number of carbonyl (C=O) groups excluding carboxylic acids is 3. The smallest absolute Gasteiger partial charge is 0.329 e. The zero-order chi connectivity index (χ0) is 21.9. The fourth-order valence-electron chi connectivity index (χ4n) is 2.87. The van der Waals surface area contributed by atoms with E-state index in [9.17, 15) is 14.4 Å². The predicted molar refractivity (Wildman–Crippen MR) is 105 cm³/mol. The van der Waals surface area contributed by atoms with Gasteiger partial charge in [0.15, 0.2) is 0 Å². The molecule has 8 heteroatoms. The Bertz CT molecular complexity index is 527. The van der Waals surface area contributed by atoms with Crippen molar-refractivity contribution in [2.75, 3.05) is 20.3 Å². The largest absolute Gasteiger partial charge is 0.462 e. The number of esters is 1. The van der Waals surface area contributed by atoms with Gasteiger partial charge in [0.05, 0.1) is 18.4 Å². The van der Waals surface area contributed by atoms with Crippen LogP contribution in [0, 0.1) is 23.2 Å². The van der Waals surface area contributed by atoms with E-state index in [2.05, 4.69) is 11.9 Å². The van der Waals surface area contributed by atoms with Gasteiger partial charge in [-0.15, -0.1) is 6.58 Å². The lowest BCUT2D eigenvalue weighted by Gasteiger charge is -2.32. The number of allylic oxidation sites excluding steroid dienone is 1. The van der Waals surface area contributed by atoms with E-state index >= 15 is 0 Å². The van der Waals surface area contributed by atoms with Crippen LogP contribution >= 0.6 is 0 Å². The van der Waals surface area contributed by atoms with Crippen LogP contribution in [0.3, 0.4) is 0 Å². The molecule has 0 bridgehead atoms. The van der Waals surface area contributed by atoms with Crippen LogP contribution in [-0.2, 0) is 23.9 Å². The SMILES string of the molecule is C=CC[C@H](C(=O)NO)[C@@H](CC(C)C)C(=O)N[C@@H](C(=O)OCCOC)C(C)(C)C. The van der Waals surface area contributed by atoms with Crippen LogP contribution < -0.4 is 10.8 Å². The van der Waals surface area contributed by atoms with E-state index in [4.69, 9.17) is 14.7 Å². The minimum Gasteiger partial charge on any atom is -0.462 e. The lowest BCUT2D eigenvalue weighted by Crippen LogP contribution is -2.53. The van der Waals surface area contributed by atoms with Crippen molar-refractivity contribution in [3.63, 3.8) is 0 Å². The summed E-state index contributed by atoms with van der Waals surface area (Å²) < 4.78 is 10.1. The number of amides is 2. The Morgan fingerprint density at radius 3 is 2.14 bits per heavy atom. The first-order valence-electron chi connectivity index (χ1n) is 9.50. The first-order chi connectivity index (χ1) is 13.0. The van der Waals surface area contributed by atoms with Gasteiger partial charge in [-0.25, -0.2) is 10.3 Å². The van der Waals surface area contributed by atoms with Gasteiger partial charge in [-0.3, -0.25) is 14.8 Å². The van der Waals surface area contributed by atoms with Gasteiger partial charge in [-0.2, -0.15) is 0 Å². The van der Waals surface area contributed by atoms with Gasteiger partial charge < -0.3 is 14.8 Å². The van der Waals surface area contributed by atoms with Crippen LogP contribution in [0.1, 0.15) is 47.5 Å². The second-order valence-corrected chi connectivity index (χ2v) is 8.31. The second-order valence-electron chi connectivity index (χ2n) is 8.31. The minimum absolute atomic E-state index is 0.0826. The minimum atomic E-state index is -0.895. The first kappa shape index (κ1) is 26.1. The van der Waals surface area contributed by atoms with Crippen molar-refractivity contribution in [2.24, 2.45) is 23.2 Å². The number of hydrogen-bond donors (Lipinski definition) is 3. The summed E-state index contributed by atoms with van der Waals surface area (Å²) in [5.41, 5.74) is 1.03. The molecule has 0 aromatic heterocycles. The third-order valence-corrected chi connectivity index (χ3v) is 4.34. The molecule has 0 aliphatic heterocycles. The molecule has 0 spiro atoms. The molecule has 0 radical (unpaired) electrons. The lowest BCUT2D eigenvalue weighted by molar-refractivity contribution is -0.153. The Morgan fingerprint density at radius 1 is 1.11 bits per heavy atom. The molecule has 0 rings (SSSR count). The fraction of sp³-hybridized carbons (Fsp3) is 0.750. The monoisotopic (exact) mass is 400 g/mol. The molecule has 0 aromatic carbocycles. The summed E-state index contributed by atoms with van der Waals surface area (Å²) in [5, 5.41) is 11.8. The molecule has 28 heavy (non-hydrogen) atoms. The standard InChI is InChI=1S/C20H36N2O6/c1-8-9-14(18(24)22-26)15(12-13(2)3)17(23)21-16(20(4,5)6)19(25)28-11-10-27-7/h8,13-16,26H,1,9-12H2,2-7H3,(H,21,23)(H,22,24)/t14-,15+,16-/m0/s1. The normalized spacial score (nSPS) is 14.7. The van der Waals surface area contributed by atoms with Crippen molar-refractivity contribution in [1.29, 1.82) is 0 Å². The maximum absolute atomic E-state index is 13.1. The third kappa shape index (κ3) is 8.84. The Kier molecular flexibility index (Phi) is 11.7. The highest BCUT2D eigenvalue weighted by atomic mass is 16.6. The molecule has 0 fully saturated rings. The van der Waals surface area contributed by atoms with Gasteiger partial charge in [-0.05, 0) is 24.2 Å². The Morgan fingerprint density at radius 2 is 1.71 bits per heavy atom. The van der Waals surface area contributed by atoms with Crippen LogP contribution in [0.15, 0.2) is 12.7 Å². The Hall–Kier alpha value is -1.93. The summed E-state index contributed by atoms with van der Waals surface area (Å²) in [7, 11) is 1.50. The van der Waals surface area contributed by atoms with Crippen LogP contribution in [0.25, 0.3) is 0 Å². The number of ether oxygens (including phenoxy) is 2. The zero-order valence-electron chi connectivity index (χ0n) is 17.9. The number of hydroxylamine groups is 1. The molecule has 0 saturated heterocycles. The van der Waals surface area contributed by atoms with E-state index in [1.54, 1.807) is 5.48 Å².